The molecule has 1 atom stereocenters. The Balaban J connectivity index is 3.80. The molecule has 0 bridgehead atoms. The van der Waals surface area contributed by atoms with Gasteiger partial charge < -0.3 is 10.4 Å². The summed E-state index contributed by atoms with van der Waals surface area (Å²) in [7, 11) is 0. The van der Waals surface area contributed by atoms with Gasteiger partial charge in [-0.05, 0) is 13.2 Å². The molecule has 0 aromatic carbocycles. The third kappa shape index (κ3) is 5.93. The maximum Gasteiger partial charge on any atom is 0.222 e. The molecule has 3 nitrogen and oxygen atoms in total. The molecule has 0 rings (SSSR count). The SMILES string of the molecule is CSCC(C)(O)CNC(=O)C(C)C. The van der Waals surface area contributed by atoms with E-state index in [1.807, 2.05) is 20.1 Å². The molecule has 0 aliphatic carbocycles. The molecule has 0 spiro atoms. The average Bonchev–Trinajstić information content (AvgIpc) is 2.00. The molecule has 0 aliphatic heterocycles. The predicted molar refractivity (Wildman–Crippen MR) is 56.9 cm³/mol. The molecule has 0 saturated carbocycles. The van der Waals surface area contributed by atoms with Crippen molar-refractivity contribution >= 4 is 17.7 Å². The van der Waals surface area contributed by atoms with Crippen LogP contribution in [0.3, 0.4) is 0 Å². The Kier molecular flexibility index (Phi) is 5.40. The monoisotopic (exact) mass is 205 g/mol. The van der Waals surface area contributed by atoms with Gasteiger partial charge in [0.15, 0.2) is 0 Å². The van der Waals surface area contributed by atoms with Gasteiger partial charge in [0, 0.05) is 18.2 Å². The number of hydrogen-bond acceptors (Lipinski definition) is 3. The topological polar surface area (TPSA) is 49.3 Å². The molecule has 0 fully saturated rings. The maximum atomic E-state index is 11.2. The minimum Gasteiger partial charge on any atom is -0.387 e. The van der Waals surface area contributed by atoms with Crippen molar-refractivity contribution in [3.63, 3.8) is 0 Å². The molecule has 13 heavy (non-hydrogen) atoms. The molecule has 2 N–H and O–H groups in total. The second-order valence-electron chi connectivity index (χ2n) is 3.80. The number of rotatable bonds is 5. The number of hydrogen-bond donors (Lipinski definition) is 2. The van der Waals surface area contributed by atoms with Crippen LogP contribution < -0.4 is 5.32 Å². The van der Waals surface area contributed by atoms with E-state index < -0.39 is 5.60 Å². The van der Waals surface area contributed by atoms with Gasteiger partial charge in [0.05, 0.1) is 5.60 Å². The lowest BCUT2D eigenvalue weighted by Gasteiger charge is -2.23. The minimum atomic E-state index is -0.802. The van der Waals surface area contributed by atoms with Crippen LogP contribution in [0, 0.1) is 5.92 Å². The summed E-state index contributed by atoms with van der Waals surface area (Å²) in [6.07, 6.45) is 1.93. The maximum absolute atomic E-state index is 11.2. The zero-order valence-corrected chi connectivity index (χ0v) is 9.57. The zero-order valence-electron chi connectivity index (χ0n) is 8.76. The van der Waals surface area contributed by atoms with Crippen LogP contribution >= 0.6 is 11.8 Å². The van der Waals surface area contributed by atoms with Gasteiger partial charge in [-0.1, -0.05) is 13.8 Å². The number of aliphatic hydroxyl groups is 1. The highest BCUT2D eigenvalue weighted by atomic mass is 32.2. The van der Waals surface area contributed by atoms with Crippen molar-refractivity contribution in [2.45, 2.75) is 26.4 Å². The lowest BCUT2D eigenvalue weighted by Crippen LogP contribution is -2.43. The second-order valence-corrected chi connectivity index (χ2v) is 4.67. The Morgan fingerprint density at radius 2 is 2.15 bits per heavy atom. The standard InChI is InChI=1S/C9H19NO2S/c1-7(2)8(11)10-5-9(3,12)6-13-4/h7,12H,5-6H2,1-4H3,(H,10,11). The van der Waals surface area contributed by atoms with E-state index in [1.54, 1.807) is 18.7 Å². The van der Waals surface area contributed by atoms with E-state index >= 15 is 0 Å². The second kappa shape index (κ2) is 5.50. The summed E-state index contributed by atoms with van der Waals surface area (Å²) >= 11 is 1.57. The average molecular weight is 205 g/mol. The fourth-order valence-electron chi connectivity index (χ4n) is 0.844. The Morgan fingerprint density at radius 3 is 2.54 bits per heavy atom. The lowest BCUT2D eigenvalue weighted by molar-refractivity contribution is -0.124. The van der Waals surface area contributed by atoms with Gasteiger partial charge in [-0.25, -0.2) is 0 Å². The van der Waals surface area contributed by atoms with E-state index in [2.05, 4.69) is 5.32 Å². The van der Waals surface area contributed by atoms with Crippen molar-refractivity contribution in [1.29, 1.82) is 0 Å². The van der Waals surface area contributed by atoms with E-state index in [0.29, 0.717) is 12.3 Å². The van der Waals surface area contributed by atoms with Crippen molar-refractivity contribution in [2.24, 2.45) is 5.92 Å². The first-order valence-corrected chi connectivity index (χ1v) is 5.77. The first-order valence-electron chi connectivity index (χ1n) is 4.38. The first kappa shape index (κ1) is 12.8. The van der Waals surface area contributed by atoms with E-state index in [0.717, 1.165) is 0 Å². The van der Waals surface area contributed by atoms with E-state index in [1.165, 1.54) is 0 Å². The fraction of sp³-hybridized carbons (Fsp3) is 0.889. The summed E-state index contributed by atoms with van der Waals surface area (Å²) in [5.74, 6) is 0.595. The van der Waals surface area contributed by atoms with E-state index in [9.17, 15) is 9.90 Å². The molecule has 0 heterocycles. The van der Waals surface area contributed by atoms with Gasteiger partial charge in [-0.3, -0.25) is 4.79 Å². The van der Waals surface area contributed by atoms with Crippen molar-refractivity contribution in [2.75, 3.05) is 18.6 Å². The Hall–Kier alpha value is -0.220. The fourth-order valence-corrected chi connectivity index (χ4v) is 1.57. The molecule has 1 amide bonds. The number of carbonyl (C=O) groups is 1. The molecule has 0 saturated heterocycles. The summed E-state index contributed by atoms with van der Waals surface area (Å²) in [4.78, 5) is 11.2. The predicted octanol–water partition coefficient (Wildman–Crippen LogP) is 0.873. The van der Waals surface area contributed by atoms with Crippen LogP contribution in [0.2, 0.25) is 0 Å². The number of carbonyl (C=O) groups excluding carboxylic acids is 1. The smallest absolute Gasteiger partial charge is 0.222 e. The van der Waals surface area contributed by atoms with Crippen LogP contribution in [0.25, 0.3) is 0 Å². The summed E-state index contributed by atoms with van der Waals surface area (Å²) < 4.78 is 0. The number of nitrogens with one attached hydrogen (secondary N) is 1. The molecule has 0 aliphatic rings. The molecular weight excluding hydrogens is 186 g/mol. The van der Waals surface area contributed by atoms with Crippen LogP contribution in [-0.4, -0.2) is 35.2 Å². The van der Waals surface area contributed by atoms with Gasteiger partial charge in [0.25, 0.3) is 0 Å². The molecular formula is C9H19NO2S. The van der Waals surface area contributed by atoms with Crippen LogP contribution in [0.1, 0.15) is 20.8 Å². The quantitative estimate of drug-likeness (QED) is 0.700. The number of thioether (sulfide) groups is 1. The lowest BCUT2D eigenvalue weighted by atomic mass is 10.1. The summed E-state index contributed by atoms with van der Waals surface area (Å²) in [6.45, 7) is 5.71. The van der Waals surface area contributed by atoms with Gasteiger partial charge in [-0.15, -0.1) is 0 Å². The Labute approximate surface area is 84.3 Å². The molecule has 1 unspecified atom stereocenters. The summed E-state index contributed by atoms with van der Waals surface area (Å²) in [6, 6.07) is 0. The third-order valence-corrected chi connectivity index (χ3v) is 2.53. The highest BCUT2D eigenvalue weighted by molar-refractivity contribution is 7.98. The highest BCUT2D eigenvalue weighted by Crippen LogP contribution is 2.09. The van der Waals surface area contributed by atoms with Crippen LogP contribution in [-0.2, 0) is 4.79 Å². The Morgan fingerprint density at radius 1 is 1.62 bits per heavy atom. The Bertz CT molecular complexity index is 169. The first-order chi connectivity index (χ1) is 5.89. The highest BCUT2D eigenvalue weighted by Gasteiger charge is 2.20. The van der Waals surface area contributed by atoms with Crippen LogP contribution in [0.4, 0.5) is 0 Å². The summed E-state index contributed by atoms with van der Waals surface area (Å²) in [5, 5.41) is 12.4. The van der Waals surface area contributed by atoms with Gasteiger partial charge in [-0.2, -0.15) is 11.8 Å². The minimum absolute atomic E-state index is 0.0126. The molecule has 0 aromatic rings. The van der Waals surface area contributed by atoms with Crippen LogP contribution in [0.15, 0.2) is 0 Å². The molecule has 0 aromatic heterocycles. The van der Waals surface area contributed by atoms with Gasteiger partial charge in [0.2, 0.25) is 5.91 Å². The number of amides is 1. The van der Waals surface area contributed by atoms with Crippen molar-refractivity contribution in [3.8, 4) is 0 Å². The zero-order chi connectivity index (χ0) is 10.5. The normalized spacial score (nSPS) is 15.5. The van der Waals surface area contributed by atoms with E-state index in [-0.39, 0.29) is 11.8 Å². The molecule has 0 radical (unpaired) electrons. The van der Waals surface area contributed by atoms with Crippen molar-refractivity contribution < 1.29 is 9.90 Å². The summed E-state index contributed by atoms with van der Waals surface area (Å²) in [5.41, 5.74) is -0.802. The molecule has 4 heteroatoms. The molecule has 78 valence electrons. The van der Waals surface area contributed by atoms with Crippen LogP contribution in [0.5, 0.6) is 0 Å². The van der Waals surface area contributed by atoms with Crippen molar-refractivity contribution in [1.82, 2.24) is 5.32 Å². The largest absolute Gasteiger partial charge is 0.387 e. The third-order valence-electron chi connectivity index (χ3n) is 1.62. The van der Waals surface area contributed by atoms with E-state index in [4.69, 9.17) is 0 Å². The van der Waals surface area contributed by atoms with Crippen molar-refractivity contribution in [3.05, 3.63) is 0 Å². The van der Waals surface area contributed by atoms with Gasteiger partial charge in [0.1, 0.15) is 0 Å². The van der Waals surface area contributed by atoms with Gasteiger partial charge >= 0.3 is 0 Å².